The van der Waals surface area contributed by atoms with Gasteiger partial charge in [0.25, 0.3) is 0 Å². The molecule has 0 amide bonds. The Morgan fingerprint density at radius 3 is 2.59 bits per heavy atom. The van der Waals surface area contributed by atoms with Gasteiger partial charge >= 0.3 is 0 Å². The molecule has 0 saturated heterocycles. The largest absolute Gasteiger partial charge is 0.508 e. The lowest BCUT2D eigenvalue weighted by Crippen LogP contribution is -2.38. The first-order chi connectivity index (χ1) is 10.4. The molecular weight excluding hydrogens is 288 g/mol. The van der Waals surface area contributed by atoms with E-state index in [9.17, 15) is 25.5 Å². The summed E-state index contributed by atoms with van der Waals surface area (Å²) in [6, 6.07) is 2.61. The number of hydrogen-bond donors (Lipinski definition) is 5. The number of benzene rings is 1. The van der Waals surface area contributed by atoms with E-state index in [-0.39, 0.29) is 17.9 Å². The molecule has 0 bridgehead atoms. The molecule has 0 fully saturated rings. The van der Waals surface area contributed by atoms with Gasteiger partial charge in [0.2, 0.25) is 0 Å². The molecule has 0 radical (unpaired) electrons. The van der Waals surface area contributed by atoms with Crippen LogP contribution in [0.5, 0.6) is 17.2 Å². The Morgan fingerprint density at radius 1 is 1.09 bits per heavy atom. The van der Waals surface area contributed by atoms with Crippen molar-refractivity contribution in [1.29, 1.82) is 0 Å². The van der Waals surface area contributed by atoms with Gasteiger partial charge in [0.15, 0.2) is 0 Å². The molecule has 118 valence electrons. The van der Waals surface area contributed by atoms with Crippen LogP contribution < -0.4 is 4.74 Å². The van der Waals surface area contributed by atoms with Crippen LogP contribution in [0.2, 0.25) is 0 Å². The second-order valence-electron chi connectivity index (χ2n) is 5.66. The Balaban J connectivity index is 1.79. The zero-order chi connectivity index (χ0) is 15.9. The zero-order valence-corrected chi connectivity index (χ0v) is 11.8. The Morgan fingerprint density at radius 2 is 1.86 bits per heavy atom. The van der Waals surface area contributed by atoms with E-state index in [4.69, 9.17) is 4.74 Å². The number of allylic oxidation sites excluding steroid dienone is 1. The molecule has 0 spiro atoms. The Hall–Kier alpha value is -2.02. The van der Waals surface area contributed by atoms with Gasteiger partial charge in [0.1, 0.15) is 35.6 Å². The van der Waals surface area contributed by atoms with Crippen LogP contribution >= 0.6 is 0 Å². The van der Waals surface area contributed by atoms with Crippen LogP contribution in [-0.2, 0) is 6.42 Å². The Bertz CT molecular complexity index is 636. The summed E-state index contributed by atoms with van der Waals surface area (Å²) in [6.07, 6.45) is 1.98. The number of rotatable bonds is 2. The van der Waals surface area contributed by atoms with Crippen LogP contribution in [0, 0.1) is 0 Å². The van der Waals surface area contributed by atoms with Crippen LogP contribution in [0.1, 0.15) is 12.0 Å². The molecule has 6 heteroatoms. The number of ether oxygens (including phenoxy) is 1. The lowest BCUT2D eigenvalue weighted by Gasteiger charge is -2.32. The maximum atomic E-state index is 10.2. The molecule has 5 N–H and O–H groups in total. The first kappa shape index (κ1) is 14.9. The lowest BCUT2D eigenvalue weighted by atomic mass is 9.91. The average Bonchev–Trinajstić information content (AvgIpc) is 2.45. The van der Waals surface area contributed by atoms with E-state index < -0.39 is 24.4 Å². The van der Waals surface area contributed by atoms with E-state index in [0.29, 0.717) is 17.7 Å². The molecule has 3 unspecified atom stereocenters. The van der Waals surface area contributed by atoms with E-state index >= 15 is 0 Å². The fourth-order valence-corrected chi connectivity index (χ4v) is 2.76. The number of phenols is 2. The number of aliphatic hydroxyl groups is 3. The van der Waals surface area contributed by atoms with Gasteiger partial charge in [0, 0.05) is 30.5 Å². The molecule has 6 nitrogen and oxygen atoms in total. The summed E-state index contributed by atoms with van der Waals surface area (Å²) < 4.78 is 5.68. The highest BCUT2D eigenvalue weighted by Crippen LogP contribution is 2.39. The predicted molar refractivity (Wildman–Crippen MR) is 77.8 cm³/mol. The average molecular weight is 306 g/mol. The minimum Gasteiger partial charge on any atom is -0.508 e. The summed E-state index contributed by atoms with van der Waals surface area (Å²) in [5.41, 5.74) is 1.21. The summed E-state index contributed by atoms with van der Waals surface area (Å²) in [6.45, 7) is 0. The molecule has 1 aromatic rings. The molecule has 22 heavy (non-hydrogen) atoms. The van der Waals surface area contributed by atoms with Crippen molar-refractivity contribution in [3.8, 4) is 17.2 Å². The van der Waals surface area contributed by atoms with Gasteiger partial charge in [-0.15, -0.1) is 0 Å². The number of phenolic OH excluding ortho intramolecular Hbond substituents is 2. The van der Waals surface area contributed by atoms with E-state index in [1.807, 2.05) is 0 Å². The van der Waals surface area contributed by atoms with Crippen molar-refractivity contribution in [2.24, 2.45) is 0 Å². The van der Waals surface area contributed by atoms with Gasteiger partial charge in [0.05, 0.1) is 6.10 Å². The second-order valence-corrected chi connectivity index (χ2v) is 5.66. The minimum absolute atomic E-state index is 0.108. The lowest BCUT2D eigenvalue weighted by molar-refractivity contribution is 0.0210. The summed E-state index contributed by atoms with van der Waals surface area (Å²) >= 11 is 0. The summed E-state index contributed by atoms with van der Waals surface area (Å²) in [5, 5.41) is 48.6. The summed E-state index contributed by atoms with van der Waals surface area (Å²) in [7, 11) is 0. The van der Waals surface area contributed by atoms with Gasteiger partial charge in [-0.05, 0) is 11.6 Å². The standard InChI is InChI=1S/C16H18O6/c17-9-5-12(19)10-7-14(21)16(22-15(10)6-9)4-8-1-2-11(18)13(20)3-8/h1-3,5-6,11,13-14,16-21H,4,7H2/t11-,13?,14?,16?/m1/s1. The van der Waals surface area contributed by atoms with Crippen molar-refractivity contribution in [3.05, 3.63) is 41.5 Å². The van der Waals surface area contributed by atoms with Crippen molar-refractivity contribution in [2.45, 2.75) is 37.3 Å². The van der Waals surface area contributed by atoms with Crippen LogP contribution in [-0.4, -0.2) is 49.9 Å². The van der Waals surface area contributed by atoms with Gasteiger partial charge in [-0.3, -0.25) is 0 Å². The van der Waals surface area contributed by atoms with E-state index in [1.54, 1.807) is 6.08 Å². The fourth-order valence-electron chi connectivity index (χ4n) is 2.76. The number of hydrogen-bond acceptors (Lipinski definition) is 6. The summed E-state index contributed by atoms with van der Waals surface area (Å²) in [4.78, 5) is 0. The molecule has 0 saturated carbocycles. The highest BCUT2D eigenvalue weighted by molar-refractivity contribution is 5.51. The maximum absolute atomic E-state index is 10.2. The zero-order valence-electron chi connectivity index (χ0n) is 11.8. The van der Waals surface area contributed by atoms with E-state index in [0.717, 1.165) is 5.57 Å². The second kappa shape index (κ2) is 5.64. The number of aliphatic hydroxyl groups excluding tert-OH is 3. The van der Waals surface area contributed by atoms with Gasteiger partial charge in [-0.2, -0.15) is 0 Å². The minimum atomic E-state index is -0.971. The molecule has 3 rings (SSSR count). The number of aromatic hydroxyl groups is 2. The predicted octanol–water partition coefficient (Wildman–Crippen LogP) is 0.370. The third-order valence-electron chi connectivity index (χ3n) is 3.97. The monoisotopic (exact) mass is 306 g/mol. The van der Waals surface area contributed by atoms with Crippen LogP contribution in [0.4, 0.5) is 0 Å². The van der Waals surface area contributed by atoms with E-state index in [1.165, 1.54) is 24.3 Å². The SMILES string of the molecule is Oc1cc(O)c2c(c1)OC(CC1=CC(O)[C@H](O)C=C1)C(O)C2. The van der Waals surface area contributed by atoms with Crippen LogP contribution in [0.15, 0.2) is 35.9 Å². The third-order valence-corrected chi connectivity index (χ3v) is 3.97. The normalized spacial score (nSPS) is 30.4. The highest BCUT2D eigenvalue weighted by Gasteiger charge is 2.31. The van der Waals surface area contributed by atoms with Crippen molar-refractivity contribution < 1.29 is 30.3 Å². The fraction of sp³-hybridized carbons (Fsp3) is 0.375. The maximum Gasteiger partial charge on any atom is 0.130 e. The Labute approximate surface area is 127 Å². The molecular formula is C16H18O6. The quantitative estimate of drug-likeness (QED) is 0.540. The molecule has 0 aromatic heterocycles. The molecule has 1 aromatic carbocycles. The highest BCUT2D eigenvalue weighted by atomic mass is 16.5. The van der Waals surface area contributed by atoms with Gasteiger partial charge < -0.3 is 30.3 Å². The third kappa shape index (κ3) is 2.81. The first-order valence-corrected chi connectivity index (χ1v) is 7.08. The molecule has 1 heterocycles. The number of fused-ring (bicyclic) bond motifs is 1. The molecule has 4 atom stereocenters. The van der Waals surface area contributed by atoms with Crippen LogP contribution in [0.3, 0.4) is 0 Å². The van der Waals surface area contributed by atoms with Gasteiger partial charge in [-0.25, -0.2) is 0 Å². The smallest absolute Gasteiger partial charge is 0.130 e. The summed E-state index contributed by atoms with van der Waals surface area (Å²) in [5.74, 6) is 0.123. The van der Waals surface area contributed by atoms with Crippen molar-refractivity contribution in [2.75, 3.05) is 0 Å². The van der Waals surface area contributed by atoms with Crippen molar-refractivity contribution in [1.82, 2.24) is 0 Å². The Kier molecular flexibility index (Phi) is 3.82. The molecule has 1 aliphatic carbocycles. The van der Waals surface area contributed by atoms with Gasteiger partial charge in [-0.1, -0.05) is 12.2 Å². The van der Waals surface area contributed by atoms with Crippen molar-refractivity contribution in [3.63, 3.8) is 0 Å². The molecule has 2 aliphatic rings. The van der Waals surface area contributed by atoms with E-state index in [2.05, 4.69) is 0 Å². The van der Waals surface area contributed by atoms with Crippen molar-refractivity contribution >= 4 is 0 Å². The first-order valence-electron chi connectivity index (χ1n) is 7.08. The topological polar surface area (TPSA) is 110 Å². The molecule has 1 aliphatic heterocycles. The van der Waals surface area contributed by atoms with Crippen LogP contribution in [0.25, 0.3) is 0 Å².